The van der Waals surface area contributed by atoms with Crippen LogP contribution in [0.1, 0.15) is 11.5 Å². The first kappa shape index (κ1) is 10.6. The second kappa shape index (κ2) is 4.69. The van der Waals surface area contributed by atoms with Crippen molar-refractivity contribution in [2.45, 2.75) is 12.3 Å². The lowest BCUT2D eigenvalue weighted by Crippen LogP contribution is -2.11. The summed E-state index contributed by atoms with van der Waals surface area (Å²) >= 11 is 0. The topological polar surface area (TPSA) is 26.3 Å². The molecule has 0 aliphatic carbocycles. The summed E-state index contributed by atoms with van der Waals surface area (Å²) in [5, 5.41) is 0. The first-order valence-electron chi connectivity index (χ1n) is 4.07. The van der Waals surface area contributed by atoms with E-state index in [1.807, 2.05) is 0 Å². The number of aldehydes is 1. The quantitative estimate of drug-likeness (QED) is 0.697. The lowest BCUT2D eigenvalue weighted by atomic mass is 10.0. The smallest absolute Gasteiger partial charge is 0.252 e. The van der Waals surface area contributed by atoms with Crippen LogP contribution in [-0.2, 0) is 4.79 Å². The molecule has 0 bridgehead atoms. The summed E-state index contributed by atoms with van der Waals surface area (Å²) in [7, 11) is 1.38. The Morgan fingerprint density at radius 2 is 2.00 bits per heavy atom. The van der Waals surface area contributed by atoms with Crippen molar-refractivity contribution >= 4 is 6.29 Å². The minimum absolute atomic E-state index is 0.222. The van der Waals surface area contributed by atoms with Crippen molar-refractivity contribution < 1.29 is 18.3 Å². The molecule has 0 N–H and O–H groups in total. The molecule has 76 valence electrons. The molecule has 0 radical (unpaired) electrons. The van der Waals surface area contributed by atoms with Crippen LogP contribution in [0.25, 0.3) is 0 Å². The molecule has 0 fully saturated rings. The monoisotopic (exact) mass is 200 g/mol. The van der Waals surface area contributed by atoms with Crippen molar-refractivity contribution in [1.82, 2.24) is 0 Å². The average molecular weight is 200 g/mol. The van der Waals surface area contributed by atoms with E-state index in [1.165, 1.54) is 13.2 Å². The molecule has 0 amide bonds. The third-order valence-electron chi connectivity index (χ3n) is 1.92. The van der Waals surface area contributed by atoms with E-state index in [0.29, 0.717) is 5.75 Å². The third kappa shape index (κ3) is 2.07. The third-order valence-corrected chi connectivity index (χ3v) is 1.92. The highest BCUT2D eigenvalue weighted by molar-refractivity contribution is 5.65. The average Bonchev–Trinajstić information content (AvgIpc) is 2.19. The van der Waals surface area contributed by atoms with Gasteiger partial charge in [-0.05, 0) is 6.07 Å². The lowest BCUT2D eigenvalue weighted by molar-refractivity contribution is -0.112. The van der Waals surface area contributed by atoms with Gasteiger partial charge in [-0.3, -0.25) is 0 Å². The Labute approximate surface area is 80.5 Å². The van der Waals surface area contributed by atoms with Crippen LogP contribution in [0.2, 0.25) is 0 Å². The van der Waals surface area contributed by atoms with Gasteiger partial charge in [0.25, 0.3) is 6.43 Å². The second-order valence-electron chi connectivity index (χ2n) is 2.74. The summed E-state index contributed by atoms with van der Waals surface area (Å²) in [5.74, 6) is -1.10. The van der Waals surface area contributed by atoms with Gasteiger partial charge in [-0.25, -0.2) is 8.78 Å². The molecule has 0 heterocycles. The summed E-state index contributed by atoms with van der Waals surface area (Å²) in [6.45, 7) is 0. The van der Waals surface area contributed by atoms with Crippen LogP contribution >= 0.6 is 0 Å². The van der Waals surface area contributed by atoms with Crippen LogP contribution in [0, 0.1) is 0 Å². The normalized spacial score (nSPS) is 12.6. The number of methoxy groups -OCH3 is 1. The first-order chi connectivity index (χ1) is 6.70. The fourth-order valence-corrected chi connectivity index (χ4v) is 1.21. The number of carbonyl (C=O) groups is 1. The van der Waals surface area contributed by atoms with Gasteiger partial charge in [0, 0.05) is 5.56 Å². The summed E-state index contributed by atoms with van der Waals surface area (Å²) in [6, 6.07) is 6.27. The maximum absolute atomic E-state index is 12.4. The van der Waals surface area contributed by atoms with E-state index in [1.54, 1.807) is 18.2 Å². The number of benzene rings is 1. The summed E-state index contributed by atoms with van der Waals surface area (Å²) in [4.78, 5) is 10.5. The van der Waals surface area contributed by atoms with Crippen LogP contribution in [0.15, 0.2) is 24.3 Å². The van der Waals surface area contributed by atoms with Crippen LogP contribution in [0.3, 0.4) is 0 Å². The number of alkyl halides is 2. The lowest BCUT2D eigenvalue weighted by Gasteiger charge is -2.13. The summed E-state index contributed by atoms with van der Waals surface area (Å²) in [5.41, 5.74) is 0.222. The Morgan fingerprint density at radius 3 is 2.50 bits per heavy atom. The number of carbonyl (C=O) groups excluding carboxylic acids is 1. The summed E-state index contributed by atoms with van der Waals surface area (Å²) in [6.07, 6.45) is -2.47. The van der Waals surface area contributed by atoms with E-state index in [9.17, 15) is 13.6 Å². The van der Waals surface area contributed by atoms with Crippen LogP contribution in [-0.4, -0.2) is 19.8 Å². The van der Waals surface area contributed by atoms with Gasteiger partial charge in [0.15, 0.2) is 0 Å². The SMILES string of the molecule is COc1ccccc1C(C=O)C(F)F. The number of halogens is 2. The Balaban J connectivity index is 3.08. The highest BCUT2D eigenvalue weighted by atomic mass is 19.3. The Morgan fingerprint density at radius 1 is 1.36 bits per heavy atom. The molecular formula is C10H10F2O2. The Bertz CT molecular complexity index is 313. The van der Waals surface area contributed by atoms with Crippen LogP contribution < -0.4 is 4.74 Å². The van der Waals surface area contributed by atoms with Crippen molar-refractivity contribution in [1.29, 1.82) is 0 Å². The van der Waals surface area contributed by atoms with Crippen molar-refractivity contribution in [3.05, 3.63) is 29.8 Å². The molecule has 0 spiro atoms. The molecule has 0 aliphatic heterocycles. The van der Waals surface area contributed by atoms with Crippen molar-refractivity contribution in [3.8, 4) is 5.75 Å². The molecule has 1 atom stereocenters. The molecule has 1 rings (SSSR count). The molecule has 0 aromatic heterocycles. The fraction of sp³-hybridized carbons (Fsp3) is 0.300. The maximum atomic E-state index is 12.4. The maximum Gasteiger partial charge on any atom is 0.252 e. The molecule has 2 nitrogen and oxygen atoms in total. The predicted molar refractivity (Wildman–Crippen MR) is 47.8 cm³/mol. The van der Waals surface area contributed by atoms with Gasteiger partial charge >= 0.3 is 0 Å². The molecule has 0 aliphatic rings. The molecule has 14 heavy (non-hydrogen) atoms. The van der Waals surface area contributed by atoms with E-state index in [2.05, 4.69) is 0 Å². The number of hydrogen-bond acceptors (Lipinski definition) is 2. The van der Waals surface area contributed by atoms with E-state index < -0.39 is 12.3 Å². The minimum Gasteiger partial charge on any atom is -0.496 e. The van der Waals surface area contributed by atoms with Gasteiger partial charge in [-0.2, -0.15) is 0 Å². The Kier molecular flexibility index (Phi) is 3.56. The number of ether oxygens (including phenoxy) is 1. The van der Waals surface area contributed by atoms with Crippen molar-refractivity contribution in [2.75, 3.05) is 7.11 Å². The van der Waals surface area contributed by atoms with E-state index in [4.69, 9.17) is 4.74 Å². The fourth-order valence-electron chi connectivity index (χ4n) is 1.21. The zero-order valence-corrected chi connectivity index (χ0v) is 7.61. The molecule has 1 unspecified atom stereocenters. The molecular weight excluding hydrogens is 190 g/mol. The van der Waals surface area contributed by atoms with Crippen LogP contribution in [0.4, 0.5) is 8.78 Å². The summed E-state index contributed by atoms with van der Waals surface area (Å²) < 4.78 is 29.7. The number of para-hydroxylation sites is 1. The van der Waals surface area contributed by atoms with E-state index >= 15 is 0 Å². The standard InChI is InChI=1S/C10H10F2O2/c1-14-9-5-3-2-4-7(9)8(6-13)10(11)12/h2-6,8,10H,1H3. The van der Waals surface area contributed by atoms with Gasteiger partial charge in [0.05, 0.1) is 7.11 Å². The van der Waals surface area contributed by atoms with Gasteiger partial charge in [0.2, 0.25) is 0 Å². The van der Waals surface area contributed by atoms with Crippen LogP contribution in [0.5, 0.6) is 5.75 Å². The van der Waals surface area contributed by atoms with E-state index in [0.717, 1.165) is 0 Å². The molecule has 0 saturated heterocycles. The predicted octanol–water partition coefficient (Wildman–Crippen LogP) is 2.24. The van der Waals surface area contributed by atoms with Gasteiger partial charge in [-0.1, -0.05) is 18.2 Å². The van der Waals surface area contributed by atoms with E-state index in [-0.39, 0.29) is 11.8 Å². The van der Waals surface area contributed by atoms with Gasteiger partial charge in [-0.15, -0.1) is 0 Å². The largest absolute Gasteiger partial charge is 0.496 e. The van der Waals surface area contributed by atoms with Gasteiger partial charge < -0.3 is 9.53 Å². The molecule has 4 heteroatoms. The zero-order valence-electron chi connectivity index (χ0n) is 7.61. The molecule has 0 saturated carbocycles. The zero-order chi connectivity index (χ0) is 10.6. The Hall–Kier alpha value is -1.45. The highest BCUT2D eigenvalue weighted by Crippen LogP contribution is 2.29. The second-order valence-corrected chi connectivity index (χ2v) is 2.74. The van der Waals surface area contributed by atoms with Crippen molar-refractivity contribution in [2.24, 2.45) is 0 Å². The number of rotatable bonds is 4. The van der Waals surface area contributed by atoms with Gasteiger partial charge in [0.1, 0.15) is 18.0 Å². The first-order valence-corrected chi connectivity index (χ1v) is 4.07. The van der Waals surface area contributed by atoms with Crippen molar-refractivity contribution in [3.63, 3.8) is 0 Å². The number of hydrogen-bond donors (Lipinski definition) is 0. The minimum atomic E-state index is -2.70. The highest BCUT2D eigenvalue weighted by Gasteiger charge is 2.24. The molecule has 1 aromatic carbocycles. The molecule has 1 aromatic rings.